The molecule has 1 nitrogen and oxygen atoms in total. The molecule has 1 heterocycles. The number of hydrogen-bond donors (Lipinski definition) is 0. The van der Waals surface area contributed by atoms with Gasteiger partial charge in [0.25, 0.3) is 0 Å². The Balaban J connectivity index is 1.30. The first-order valence-corrected chi connectivity index (χ1v) is 16.2. The van der Waals surface area contributed by atoms with Gasteiger partial charge in [0.05, 0.1) is 0 Å². The van der Waals surface area contributed by atoms with Crippen molar-refractivity contribution in [3.8, 4) is 33.4 Å². The van der Waals surface area contributed by atoms with E-state index in [0.29, 0.717) is 0 Å². The minimum absolute atomic E-state index is 0.913. The van der Waals surface area contributed by atoms with Crippen LogP contribution in [0.25, 0.3) is 98.4 Å². The third-order valence-electron chi connectivity index (χ3n) is 9.81. The van der Waals surface area contributed by atoms with E-state index >= 15 is 0 Å². The summed E-state index contributed by atoms with van der Waals surface area (Å²) < 4.78 is 6.22. The summed E-state index contributed by atoms with van der Waals surface area (Å²) in [5, 5.41) is 12.3. The molecule has 0 amide bonds. The molecule has 0 saturated heterocycles. The molecule has 0 radical (unpaired) electrons. The van der Waals surface area contributed by atoms with Crippen LogP contribution in [0.15, 0.2) is 174 Å². The van der Waals surface area contributed by atoms with Crippen molar-refractivity contribution in [1.82, 2.24) is 0 Å². The molecule has 0 saturated carbocycles. The van der Waals surface area contributed by atoms with Gasteiger partial charge in [-0.3, -0.25) is 0 Å². The van der Waals surface area contributed by atoms with Gasteiger partial charge in [0, 0.05) is 10.8 Å². The van der Waals surface area contributed by atoms with Gasteiger partial charge in [-0.1, -0.05) is 140 Å². The zero-order valence-electron chi connectivity index (χ0n) is 25.6. The Morgan fingerprint density at radius 3 is 1.74 bits per heavy atom. The van der Waals surface area contributed by atoms with Crippen molar-refractivity contribution in [2.75, 3.05) is 0 Å². The molecule has 1 heteroatoms. The van der Waals surface area contributed by atoms with Crippen LogP contribution < -0.4 is 0 Å². The quantitative estimate of drug-likeness (QED) is 0.146. The van der Waals surface area contributed by atoms with Gasteiger partial charge in [0.2, 0.25) is 0 Å². The first kappa shape index (κ1) is 26.1. The van der Waals surface area contributed by atoms with Crippen LogP contribution in [0.5, 0.6) is 0 Å². The van der Waals surface area contributed by atoms with Gasteiger partial charge in [-0.15, -0.1) is 0 Å². The van der Waals surface area contributed by atoms with Crippen LogP contribution in [-0.2, 0) is 0 Å². The van der Waals surface area contributed by atoms with Gasteiger partial charge in [-0.2, -0.15) is 0 Å². The fraction of sp³-hybridized carbons (Fsp3) is 0. The molecule has 10 aromatic rings. The molecule has 1 aromatic heterocycles. The van der Waals surface area contributed by atoms with Crippen LogP contribution in [0.4, 0.5) is 0 Å². The topological polar surface area (TPSA) is 13.1 Å². The molecule has 0 bridgehead atoms. The molecular formula is C46H28O. The summed E-state index contributed by atoms with van der Waals surface area (Å²) in [6.07, 6.45) is 0. The Hall–Kier alpha value is -6.18. The number of benzene rings is 9. The number of para-hydroxylation sites is 1. The summed E-state index contributed by atoms with van der Waals surface area (Å²) in [4.78, 5) is 0. The zero-order valence-corrected chi connectivity index (χ0v) is 25.6. The van der Waals surface area contributed by atoms with Crippen LogP contribution in [0.3, 0.4) is 0 Å². The molecule has 0 spiro atoms. The maximum atomic E-state index is 6.22. The molecule has 0 fully saturated rings. The second-order valence-corrected chi connectivity index (χ2v) is 12.5. The van der Waals surface area contributed by atoms with Crippen LogP contribution in [0.1, 0.15) is 0 Å². The highest BCUT2D eigenvalue weighted by atomic mass is 16.3. The Morgan fingerprint density at radius 2 is 0.872 bits per heavy atom. The normalized spacial score (nSPS) is 11.8. The lowest BCUT2D eigenvalue weighted by molar-refractivity contribution is 0.669. The molecule has 0 aliphatic rings. The smallest absolute Gasteiger partial charge is 0.135 e. The predicted molar refractivity (Wildman–Crippen MR) is 200 cm³/mol. The average molecular weight is 597 g/mol. The number of furan rings is 1. The summed E-state index contributed by atoms with van der Waals surface area (Å²) >= 11 is 0. The van der Waals surface area contributed by atoms with Crippen molar-refractivity contribution in [3.05, 3.63) is 170 Å². The molecule has 9 aromatic carbocycles. The van der Waals surface area contributed by atoms with E-state index in [1.54, 1.807) is 0 Å². The highest BCUT2D eigenvalue weighted by Gasteiger charge is 2.20. The lowest BCUT2D eigenvalue weighted by atomic mass is 9.83. The zero-order chi connectivity index (χ0) is 30.9. The van der Waals surface area contributed by atoms with Crippen LogP contribution in [0.2, 0.25) is 0 Å². The maximum absolute atomic E-state index is 6.22. The molecule has 218 valence electrons. The van der Waals surface area contributed by atoms with Gasteiger partial charge in [-0.05, 0) is 107 Å². The lowest BCUT2D eigenvalue weighted by Gasteiger charge is -2.20. The highest BCUT2D eigenvalue weighted by Crippen LogP contribution is 2.47. The molecule has 0 aliphatic heterocycles. The van der Waals surface area contributed by atoms with Gasteiger partial charge in [0.15, 0.2) is 0 Å². The van der Waals surface area contributed by atoms with E-state index in [9.17, 15) is 0 Å². The Bertz CT molecular complexity index is 2850. The molecule has 47 heavy (non-hydrogen) atoms. The summed E-state index contributed by atoms with van der Waals surface area (Å²) in [5.41, 5.74) is 9.20. The molecule has 0 aliphatic carbocycles. The largest absolute Gasteiger partial charge is 0.456 e. The SMILES string of the molecule is c1cc(-c2ccc3ccccc3c2)cc(-c2c3ccccc3c(-c3ccc4oc5ccccc5c4c3)c3ccc4ccccc4c23)c1. The Morgan fingerprint density at radius 1 is 0.277 bits per heavy atom. The minimum Gasteiger partial charge on any atom is -0.456 e. The van der Waals surface area contributed by atoms with E-state index in [1.165, 1.54) is 76.5 Å². The van der Waals surface area contributed by atoms with E-state index in [-0.39, 0.29) is 0 Å². The number of rotatable bonds is 3. The average Bonchev–Trinajstić information content (AvgIpc) is 3.51. The van der Waals surface area contributed by atoms with Crippen LogP contribution in [0, 0.1) is 0 Å². The van der Waals surface area contributed by atoms with Crippen molar-refractivity contribution in [1.29, 1.82) is 0 Å². The van der Waals surface area contributed by atoms with Gasteiger partial charge >= 0.3 is 0 Å². The molecule has 10 rings (SSSR count). The van der Waals surface area contributed by atoms with Crippen molar-refractivity contribution in [3.63, 3.8) is 0 Å². The van der Waals surface area contributed by atoms with Crippen LogP contribution in [-0.4, -0.2) is 0 Å². The van der Waals surface area contributed by atoms with Crippen molar-refractivity contribution in [2.45, 2.75) is 0 Å². The second-order valence-electron chi connectivity index (χ2n) is 12.5. The molecule has 0 N–H and O–H groups in total. The van der Waals surface area contributed by atoms with E-state index in [4.69, 9.17) is 4.42 Å². The lowest BCUT2D eigenvalue weighted by Crippen LogP contribution is -1.92. The third kappa shape index (κ3) is 4.03. The maximum Gasteiger partial charge on any atom is 0.135 e. The first-order valence-electron chi connectivity index (χ1n) is 16.2. The van der Waals surface area contributed by atoms with E-state index in [0.717, 1.165) is 21.9 Å². The number of hydrogen-bond acceptors (Lipinski definition) is 1. The van der Waals surface area contributed by atoms with Gasteiger partial charge in [-0.25, -0.2) is 0 Å². The highest BCUT2D eigenvalue weighted by molar-refractivity contribution is 6.28. The van der Waals surface area contributed by atoms with Gasteiger partial charge < -0.3 is 4.42 Å². The third-order valence-corrected chi connectivity index (χ3v) is 9.81. The van der Waals surface area contributed by atoms with E-state index in [2.05, 4.69) is 158 Å². The molecular weight excluding hydrogens is 569 g/mol. The summed E-state index contributed by atoms with van der Waals surface area (Å²) in [7, 11) is 0. The van der Waals surface area contributed by atoms with Crippen molar-refractivity contribution < 1.29 is 4.42 Å². The predicted octanol–water partition coefficient (Wildman–Crippen LogP) is 13.2. The molecule has 0 atom stereocenters. The summed E-state index contributed by atoms with van der Waals surface area (Å²) in [6.45, 7) is 0. The summed E-state index contributed by atoms with van der Waals surface area (Å²) in [6, 6.07) is 61.7. The van der Waals surface area contributed by atoms with E-state index in [1.807, 2.05) is 12.1 Å². The Kier molecular flexibility index (Phi) is 5.64. The van der Waals surface area contributed by atoms with Crippen molar-refractivity contribution in [2.24, 2.45) is 0 Å². The van der Waals surface area contributed by atoms with Gasteiger partial charge in [0.1, 0.15) is 11.2 Å². The van der Waals surface area contributed by atoms with E-state index < -0.39 is 0 Å². The molecule has 0 unspecified atom stereocenters. The van der Waals surface area contributed by atoms with Crippen LogP contribution >= 0.6 is 0 Å². The fourth-order valence-electron chi connectivity index (χ4n) is 7.66. The Labute approximate surface area is 271 Å². The minimum atomic E-state index is 0.913. The standard InChI is InChI=1S/C46H28O/c1-2-12-31-26-33(21-20-29(31)10-1)32-13-9-14-34(27-32)45-39-18-6-5-17-38(39)44(40-24-22-30-11-3-4-15-36(30)46(40)45)35-23-25-43-41(28-35)37-16-7-8-19-42(37)47-43/h1-28H. The number of fused-ring (bicyclic) bond motifs is 8. The van der Waals surface area contributed by atoms with Crippen molar-refractivity contribution >= 4 is 65.0 Å². The first-order chi connectivity index (χ1) is 23.3. The fourth-order valence-corrected chi connectivity index (χ4v) is 7.66. The summed E-state index contributed by atoms with van der Waals surface area (Å²) in [5.74, 6) is 0. The monoisotopic (exact) mass is 596 g/mol. The second kappa shape index (κ2) is 10.2.